The lowest BCUT2D eigenvalue weighted by atomic mass is 10.1. The summed E-state index contributed by atoms with van der Waals surface area (Å²) in [6, 6.07) is 9.33. The molecule has 0 spiro atoms. The number of halogens is 2. The van der Waals surface area contributed by atoms with Gasteiger partial charge in [-0.15, -0.1) is 0 Å². The van der Waals surface area contributed by atoms with E-state index in [0.717, 1.165) is 21.8 Å². The van der Waals surface area contributed by atoms with E-state index in [2.05, 4.69) is 27.0 Å². The van der Waals surface area contributed by atoms with Crippen LogP contribution in [0.15, 0.2) is 24.3 Å². The first-order chi connectivity index (χ1) is 7.24. The lowest BCUT2D eigenvalue weighted by Gasteiger charge is -2.04. The predicted octanol–water partition coefficient (Wildman–Crippen LogP) is 3.65. The molecule has 0 saturated carbocycles. The van der Waals surface area contributed by atoms with Crippen molar-refractivity contribution < 1.29 is 0 Å². The summed E-state index contributed by atoms with van der Waals surface area (Å²) in [6.07, 6.45) is 0. The molecule has 1 aromatic carbocycles. The highest BCUT2D eigenvalue weighted by molar-refractivity contribution is 9.08. The molecule has 0 atom stereocenters. The van der Waals surface area contributed by atoms with E-state index in [-0.39, 0.29) is 0 Å². The Balaban J connectivity index is 2.79. The molecule has 1 heterocycles. The fourth-order valence-electron chi connectivity index (χ4n) is 1.44. The topological polar surface area (TPSA) is 36.7 Å². The number of hydrogen-bond acceptors (Lipinski definition) is 2. The number of rotatable bonds is 1. The van der Waals surface area contributed by atoms with E-state index >= 15 is 0 Å². The normalized spacial score (nSPS) is 10.2. The Hall–Kier alpha value is -1.11. The molecule has 0 aliphatic carbocycles. The van der Waals surface area contributed by atoms with E-state index in [1.165, 1.54) is 0 Å². The summed E-state index contributed by atoms with van der Waals surface area (Å²) < 4.78 is 0. The number of alkyl halides is 1. The minimum Gasteiger partial charge on any atom is -0.236 e. The number of aromatic nitrogens is 1. The first kappa shape index (κ1) is 10.4. The summed E-state index contributed by atoms with van der Waals surface area (Å²) in [4.78, 5) is 4.19. The van der Waals surface area contributed by atoms with Gasteiger partial charge in [-0.2, -0.15) is 5.26 Å². The van der Waals surface area contributed by atoms with Gasteiger partial charge in [0.25, 0.3) is 0 Å². The summed E-state index contributed by atoms with van der Waals surface area (Å²) in [7, 11) is 0. The van der Waals surface area contributed by atoms with Crippen LogP contribution in [0, 0.1) is 11.3 Å². The summed E-state index contributed by atoms with van der Waals surface area (Å²) in [5.74, 6) is 0. The quantitative estimate of drug-likeness (QED) is 0.591. The van der Waals surface area contributed by atoms with Crippen LogP contribution in [0.2, 0.25) is 5.15 Å². The smallest absolute Gasteiger partial charge is 0.130 e. The molecular weight excluding hydrogens is 275 g/mol. The van der Waals surface area contributed by atoms with Gasteiger partial charge in [0.1, 0.15) is 5.15 Å². The van der Waals surface area contributed by atoms with E-state index in [4.69, 9.17) is 16.9 Å². The largest absolute Gasteiger partial charge is 0.236 e. The first-order valence-electron chi connectivity index (χ1n) is 4.30. The van der Waals surface area contributed by atoms with Gasteiger partial charge in [-0.25, -0.2) is 4.98 Å². The maximum absolute atomic E-state index is 8.77. The van der Waals surface area contributed by atoms with Crippen molar-refractivity contribution in [2.45, 2.75) is 5.33 Å². The molecular formula is C11H6BrClN2. The van der Waals surface area contributed by atoms with Crippen LogP contribution in [0.1, 0.15) is 11.1 Å². The maximum atomic E-state index is 8.77. The van der Waals surface area contributed by atoms with Crippen LogP contribution < -0.4 is 0 Å². The van der Waals surface area contributed by atoms with Crippen LogP contribution in [-0.2, 0) is 5.33 Å². The maximum Gasteiger partial charge on any atom is 0.130 e. The molecule has 0 fully saturated rings. The molecule has 2 nitrogen and oxygen atoms in total. The zero-order chi connectivity index (χ0) is 10.8. The molecule has 15 heavy (non-hydrogen) atoms. The molecule has 2 aromatic rings. The van der Waals surface area contributed by atoms with Crippen molar-refractivity contribution in [3.8, 4) is 6.07 Å². The molecule has 0 N–H and O–H groups in total. The molecule has 0 aliphatic rings. The average molecular weight is 282 g/mol. The van der Waals surface area contributed by atoms with Crippen molar-refractivity contribution in [1.82, 2.24) is 4.98 Å². The van der Waals surface area contributed by atoms with E-state index in [1.54, 1.807) is 12.1 Å². The molecule has 74 valence electrons. The summed E-state index contributed by atoms with van der Waals surface area (Å²) in [6.45, 7) is 0. The Labute approximate surface area is 101 Å². The number of fused-ring (bicyclic) bond motifs is 1. The van der Waals surface area contributed by atoms with Crippen LogP contribution in [0.3, 0.4) is 0 Å². The van der Waals surface area contributed by atoms with Gasteiger partial charge in [-0.3, -0.25) is 0 Å². The fourth-order valence-corrected chi connectivity index (χ4v) is 2.13. The molecule has 2 rings (SSSR count). The van der Waals surface area contributed by atoms with Crippen molar-refractivity contribution in [2.24, 2.45) is 0 Å². The third kappa shape index (κ3) is 1.97. The van der Waals surface area contributed by atoms with Crippen LogP contribution >= 0.6 is 27.5 Å². The van der Waals surface area contributed by atoms with Gasteiger partial charge < -0.3 is 0 Å². The van der Waals surface area contributed by atoms with Gasteiger partial charge in [0, 0.05) is 10.7 Å². The molecule has 0 unspecified atom stereocenters. The summed E-state index contributed by atoms with van der Waals surface area (Å²) in [5, 5.41) is 11.0. The van der Waals surface area contributed by atoms with Gasteiger partial charge in [0.05, 0.1) is 17.1 Å². The molecule has 0 saturated heterocycles. The Kier molecular flexibility index (Phi) is 2.90. The monoisotopic (exact) mass is 280 g/mol. The van der Waals surface area contributed by atoms with E-state index in [0.29, 0.717) is 10.7 Å². The second kappa shape index (κ2) is 4.18. The Bertz CT molecular complexity index is 560. The molecule has 0 bridgehead atoms. The number of hydrogen-bond donors (Lipinski definition) is 0. The van der Waals surface area contributed by atoms with Crippen molar-refractivity contribution >= 4 is 38.4 Å². The molecule has 0 aliphatic heterocycles. The Morgan fingerprint density at radius 2 is 2.20 bits per heavy atom. The lowest BCUT2D eigenvalue weighted by molar-refractivity contribution is 1.35. The number of pyridine rings is 1. The number of nitriles is 1. The van der Waals surface area contributed by atoms with E-state index in [1.807, 2.05) is 12.1 Å². The van der Waals surface area contributed by atoms with E-state index < -0.39 is 0 Å². The fraction of sp³-hybridized carbons (Fsp3) is 0.0909. The van der Waals surface area contributed by atoms with Crippen LogP contribution in [-0.4, -0.2) is 4.98 Å². The van der Waals surface area contributed by atoms with Crippen LogP contribution in [0.25, 0.3) is 10.9 Å². The molecule has 0 radical (unpaired) electrons. The summed E-state index contributed by atoms with van der Waals surface area (Å²) >= 11 is 9.28. The second-order valence-electron chi connectivity index (χ2n) is 3.08. The average Bonchev–Trinajstić information content (AvgIpc) is 2.26. The van der Waals surface area contributed by atoms with Crippen LogP contribution in [0.4, 0.5) is 0 Å². The molecule has 4 heteroatoms. The highest BCUT2D eigenvalue weighted by Crippen LogP contribution is 2.23. The van der Waals surface area contributed by atoms with E-state index in [9.17, 15) is 0 Å². The SMILES string of the molecule is N#Cc1ccc2c(CBr)cc(Cl)nc2c1. The van der Waals surface area contributed by atoms with Gasteiger partial charge in [0.15, 0.2) is 0 Å². The zero-order valence-electron chi connectivity index (χ0n) is 7.67. The van der Waals surface area contributed by atoms with Crippen molar-refractivity contribution in [3.63, 3.8) is 0 Å². The van der Waals surface area contributed by atoms with Gasteiger partial charge >= 0.3 is 0 Å². The second-order valence-corrected chi connectivity index (χ2v) is 4.03. The van der Waals surface area contributed by atoms with Gasteiger partial charge in [-0.05, 0) is 23.8 Å². The standard InChI is InChI=1S/C11H6BrClN2/c12-5-8-4-11(13)15-10-3-7(6-14)1-2-9(8)10/h1-4H,5H2. The van der Waals surface area contributed by atoms with Gasteiger partial charge in [0.2, 0.25) is 0 Å². The number of nitrogens with zero attached hydrogens (tertiary/aromatic N) is 2. The highest BCUT2D eigenvalue weighted by Gasteiger charge is 2.04. The van der Waals surface area contributed by atoms with Gasteiger partial charge in [-0.1, -0.05) is 33.6 Å². The van der Waals surface area contributed by atoms with Crippen molar-refractivity contribution in [2.75, 3.05) is 0 Å². The highest BCUT2D eigenvalue weighted by atomic mass is 79.9. The summed E-state index contributed by atoms with van der Waals surface area (Å²) in [5.41, 5.74) is 2.43. The Morgan fingerprint density at radius 3 is 2.87 bits per heavy atom. The molecule has 0 amide bonds. The third-order valence-electron chi connectivity index (χ3n) is 2.14. The van der Waals surface area contributed by atoms with Crippen molar-refractivity contribution in [1.29, 1.82) is 5.26 Å². The zero-order valence-corrected chi connectivity index (χ0v) is 10.0. The number of benzene rings is 1. The third-order valence-corrected chi connectivity index (χ3v) is 2.94. The van der Waals surface area contributed by atoms with Crippen molar-refractivity contribution in [3.05, 3.63) is 40.5 Å². The lowest BCUT2D eigenvalue weighted by Crippen LogP contribution is -1.87. The minimum absolute atomic E-state index is 0.451. The first-order valence-corrected chi connectivity index (χ1v) is 5.80. The molecule has 1 aromatic heterocycles. The van der Waals surface area contributed by atoms with Crippen LogP contribution in [0.5, 0.6) is 0 Å². The predicted molar refractivity (Wildman–Crippen MR) is 64.1 cm³/mol. The Morgan fingerprint density at radius 1 is 1.40 bits per heavy atom. The minimum atomic E-state index is 0.451.